The summed E-state index contributed by atoms with van der Waals surface area (Å²) in [5.41, 5.74) is 2.58. The van der Waals surface area contributed by atoms with Crippen molar-refractivity contribution in [3.8, 4) is 11.5 Å². The van der Waals surface area contributed by atoms with Crippen molar-refractivity contribution in [1.82, 2.24) is 0 Å². The third-order valence-electron chi connectivity index (χ3n) is 5.96. The topological polar surface area (TPSA) is 76.1 Å². The largest absolute Gasteiger partial charge is 0.507 e. The zero-order valence-corrected chi connectivity index (χ0v) is 21.1. The average Bonchev–Trinajstić information content (AvgIpc) is 3.10. The van der Waals surface area contributed by atoms with E-state index < -0.39 is 23.5 Å². The second kappa shape index (κ2) is 9.64. The number of aliphatic hydroxyl groups excluding tert-OH is 1. The minimum atomic E-state index is -0.992. The molecule has 3 aromatic carbocycles. The molecule has 1 saturated heterocycles. The number of carbonyl (C=O) groups is 2. The fourth-order valence-electron chi connectivity index (χ4n) is 4.27. The Labute approximate surface area is 213 Å². The summed E-state index contributed by atoms with van der Waals surface area (Å²) in [7, 11) is 2.91. The normalized spacial score (nSPS) is 17.1. The molecule has 0 aliphatic carbocycles. The SMILES string of the molecule is COc1ccccc1C1/C(=C(\O)c2cc(C)cc(Cl)c2OC)C(=O)C(=O)N1c1ccc(C)c(Cl)c1. The molecule has 0 spiro atoms. The van der Waals surface area contributed by atoms with Crippen molar-refractivity contribution >= 4 is 46.3 Å². The molecule has 1 aliphatic heterocycles. The van der Waals surface area contributed by atoms with Crippen LogP contribution in [0, 0.1) is 13.8 Å². The van der Waals surface area contributed by atoms with Crippen molar-refractivity contribution in [1.29, 1.82) is 0 Å². The number of anilines is 1. The van der Waals surface area contributed by atoms with Crippen molar-refractivity contribution in [3.05, 3.63) is 92.5 Å². The Bertz CT molecular complexity index is 1380. The summed E-state index contributed by atoms with van der Waals surface area (Å²) in [4.78, 5) is 28.2. The number of rotatable bonds is 5. The van der Waals surface area contributed by atoms with E-state index in [1.165, 1.54) is 19.1 Å². The van der Waals surface area contributed by atoms with Crippen molar-refractivity contribution in [2.45, 2.75) is 19.9 Å². The van der Waals surface area contributed by atoms with Crippen LogP contribution < -0.4 is 14.4 Å². The molecule has 0 radical (unpaired) electrons. The highest BCUT2D eigenvalue weighted by molar-refractivity contribution is 6.52. The lowest BCUT2D eigenvalue weighted by molar-refractivity contribution is -0.132. The molecule has 4 rings (SSSR count). The minimum Gasteiger partial charge on any atom is -0.507 e. The molecule has 6 nitrogen and oxygen atoms in total. The first-order chi connectivity index (χ1) is 16.7. The Morgan fingerprint density at radius 2 is 1.66 bits per heavy atom. The number of benzene rings is 3. The van der Waals surface area contributed by atoms with Crippen LogP contribution in [-0.4, -0.2) is 31.0 Å². The third kappa shape index (κ3) is 4.24. The Morgan fingerprint density at radius 3 is 2.31 bits per heavy atom. The minimum absolute atomic E-state index is 0.115. The van der Waals surface area contributed by atoms with Gasteiger partial charge in [0, 0.05) is 16.3 Å². The first-order valence-electron chi connectivity index (χ1n) is 10.7. The van der Waals surface area contributed by atoms with E-state index in [0.717, 1.165) is 11.1 Å². The number of methoxy groups -OCH3 is 2. The highest BCUT2D eigenvalue weighted by Gasteiger charge is 2.48. The number of halogens is 2. The van der Waals surface area contributed by atoms with E-state index in [2.05, 4.69) is 0 Å². The van der Waals surface area contributed by atoms with E-state index in [1.54, 1.807) is 61.5 Å². The number of carbonyl (C=O) groups excluding carboxylic acids is 2. The number of ketones is 1. The van der Waals surface area contributed by atoms with Crippen molar-refractivity contribution in [2.24, 2.45) is 0 Å². The van der Waals surface area contributed by atoms with Gasteiger partial charge in [0.15, 0.2) is 0 Å². The second-order valence-corrected chi connectivity index (χ2v) is 8.99. The van der Waals surface area contributed by atoms with E-state index >= 15 is 0 Å². The molecule has 1 atom stereocenters. The van der Waals surface area contributed by atoms with Crippen molar-refractivity contribution in [3.63, 3.8) is 0 Å². The summed E-state index contributed by atoms with van der Waals surface area (Å²) in [6, 6.07) is 14.4. The van der Waals surface area contributed by atoms with E-state index in [0.29, 0.717) is 22.0 Å². The van der Waals surface area contributed by atoms with Gasteiger partial charge >= 0.3 is 0 Å². The second-order valence-electron chi connectivity index (χ2n) is 8.17. The van der Waals surface area contributed by atoms with E-state index in [9.17, 15) is 14.7 Å². The molecule has 1 fully saturated rings. The summed E-state index contributed by atoms with van der Waals surface area (Å²) in [5.74, 6) is -1.42. The standard InChI is InChI=1S/C27H23Cl2NO5/c1-14-11-18(26(35-4)20(29)12-14)24(31)22-23(17-7-5-6-8-21(17)34-3)30(27(33)25(22)32)16-10-9-15(2)19(28)13-16/h5-13,23,31H,1-4H3/b24-22+. The van der Waals surface area contributed by atoms with Gasteiger partial charge in [0.25, 0.3) is 11.7 Å². The highest BCUT2D eigenvalue weighted by atomic mass is 35.5. The number of aliphatic hydroxyl groups is 1. The molecular formula is C27H23Cl2NO5. The quantitative estimate of drug-likeness (QED) is 0.248. The maximum atomic E-state index is 13.5. The van der Waals surface area contributed by atoms with E-state index in [1.807, 2.05) is 6.92 Å². The molecule has 35 heavy (non-hydrogen) atoms. The first-order valence-corrected chi connectivity index (χ1v) is 11.5. The number of ether oxygens (including phenoxy) is 2. The molecule has 8 heteroatoms. The lowest BCUT2D eigenvalue weighted by Crippen LogP contribution is -2.29. The van der Waals surface area contributed by atoms with Gasteiger partial charge in [0.05, 0.1) is 36.4 Å². The number of hydrogen-bond acceptors (Lipinski definition) is 5. The Morgan fingerprint density at radius 1 is 0.943 bits per heavy atom. The molecule has 1 unspecified atom stereocenters. The van der Waals surface area contributed by atoms with Crippen LogP contribution in [0.2, 0.25) is 10.0 Å². The van der Waals surface area contributed by atoms with Crippen LogP contribution in [0.5, 0.6) is 11.5 Å². The number of Topliss-reactive ketones (excluding diaryl/α,β-unsaturated/α-hetero) is 1. The summed E-state index contributed by atoms with van der Waals surface area (Å²) in [6.07, 6.45) is 0. The van der Waals surface area contributed by atoms with Gasteiger partial charge in [-0.25, -0.2) is 0 Å². The van der Waals surface area contributed by atoms with Gasteiger partial charge < -0.3 is 14.6 Å². The van der Waals surface area contributed by atoms with Gasteiger partial charge in [-0.2, -0.15) is 0 Å². The lowest BCUT2D eigenvalue weighted by atomic mass is 9.93. The predicted molar refractivity (Wildman–Crippen MR) is 137 cm³/mol. The molecule has 1 amide bonds. The predicted octanol–water partition coefficient (Wildman–Crippen LogP) is 6.25. The van der Waals surface area contributed by atoms with Crippen LogP contribution in [0.1, 0.15) is 28.3 Å². The van der Waals surface area contributed by atoms with Crippen LogP contribution in [0.4, 0.5) is 5.69 Å². The molecular weight excluding hydrogens is 489 g/mol. The molecule has 180 valence electrons. The van der Waals surface area contributed by atoms with E-state index in [-0.39, 0.29) is 21.9 Å². The highest BCUT2D eigenvalue weighted by Crippen LogP contribution is 2.47. The average molecular weight is 512 g/mol. The van der Waals surface area contributed by atoms with Crippen LogP contribution in [0.3, 0.4) is 0 Å². The molecule has 1 aliphatic rings. The van der Waals surface area contributed by atoms with Gasteiger partial charge in [-0.1, -0.05) is 47.5 Å². The zero-order chi connectivity index (χ0) is 25.4. The summed E-state index contributed by atoms with van der Waals surface area (Å²) in [5, 5.41) is 12.2. The van der Waals surface area contributed by atoms with E-state index in [4.69, 9.17) is 32.7 Å². The molecule has 0 aromatic heterocycles. The van der Waals surface area contributed by atoms with Crippen molar-refractivity contribution in [2.75, 3.05) is 19.1 Å². The number of amides is 1. The van der Waals surface area contributed by atoms with Gasteiger partial charge in [0.2, 0.25) is 0 Å². The fraction of sp³-hybridized carbons (Fsp3) is 0.185. The fourth-order valence-corrected chi connectivity index (χ4v) is 4.80. The Balaban J connectivity index is 2.05. The molecule has 1 heterocycles. The van der Waals surface area contributed by atoms with Crippen LogP contribution >= 0.6 is 23.2 Å². The molecule has 3 aromatic rings. The Kier molecular flexibility index (Phi) is 6.79. The maximum absolute atomic E-state index is 13.5. The smallest absolute Gasteiger partial charge is 0.300 e. The molecule has 0 saturated carbocycles. The monoisotopic (exact) mass is 511 g/mol. The first kappa shape index (κ1) is 24.6. The van der Waals surface area contributed by atoms with Gasteiger partial charge in [-0.15, -0.1) is 0 Å². The number of para-hydroxylation sites is 1. The van der Waals surface area contributed by atoms with Gasteiger partial charge in [0.1, 0.15) is 17.3 Å². The van der Waals surface area contributed by atoms with Gasteiger partial charge in [-0.05, 0) is 55.3 Å². The molecule has 1 N–H and O–H groups in total. The van der Waals surface area contributed by atoms with Crippen LogP contribution in [-0.2, 0) is 9.59 Å². The summed E-state index contributed by atoms with van der Waals surface area (Å²) in [6.45, 7) is 3.64. The number of aryl methyl sites for hydroxylation is 2. The van der Waals surface area contributed by atoms with Crippen LogP contribution in [0.15, 0.2) is 60.2 Å². The summed E-state index contributed by atoms with van der Waals surface area (Å²) >= 11 is 12.7. The van der Waals surface area contributed by atoms with Crippen molar-refractivity contribution < 1.29 is 24.2 Å². The third-order valence-corrected chi connectivity index (χ3v) is 6.65. The summed E-state index contributed by atoms with van der Waals surface area (Å²) < 4.78 is 11.0. The van der Waals surface area contributed by atoms with Crippen LogP contribution in [0.25, 0.3) is 5.76 Å². The van der Waals surface area contributed by atoms with Gasteiger partial charge in [-0.3, -0.25) is 14.5 Å². The Hall–Kier alpha value is -3.48. The molecule has 0 bridgehead atoms. The number of nitrogens with zero attached hydrogens (tertiary/aromatic N) is 1. The zero-order valence-electron chi connectivity index (χ0n) is 19.6. The number of hydrogen-bond donors (Lipinski definition) is 1. The maximum Gasteiger partial charge on any atom is 0.300 e. The lowest BCUT2D eigenvalue weighted by Gasteiger charge is -2.27.